The first-order valence-electron chi connectivity index (χ1n) is 8.63. The molecule has 2 saturated heterocycles. The van der Waals surface area contributed by atoms with E-state index in [2.05, 4.69) is 10.0 Å². The van der Waals surface area contributed by atoms with Crippen molar-refractivity contribution in [1.82, 2.24) is 14.9 Å². The molecule has 6 N–H and O–H groups in total. The molecule has 0 unspecified atom stereocenters. The van der Waals surface area contributed by atoms with E-state index in [1.165, 1.54) is 23.6 Å². The number of carboxylic acid groups (broad SMARTS) is 1. The van der Waals surface area contributed by atoms with Gasteiger partial charge in [0, 0.05) is 28.7 Å². The van der Waals surface area contributed by atoms with Gasteiger partial charge in [-0.25, -0.2) is 14.7 Å². The Hall–Kier alpha value is -1.18. The van der Waals surface area contributed by atoms with Crippen molar-refractivity contribution < 1.29 is 28.2 Å². The minimum atomic E-state index is -3.89. The number of rotatable bonds is 7. The van der Waals surface area contributed by atoms with E-state index in [0.717, 1.165) is 0 Å². The van der Waals surface area contributed by atoms with Crippen molar-refractivity contribution in [3.63, 3.8) is 0 Å². The van der Waals surface area contributed by atoms with Crippen LogP contribution >= 0.6 is 11.8 Å². The lowest BCUT2D eigenvalue weighted by Gasteiger charge is -2.46. The van der Waals surface area contributed by atoms with Crippen LogP contribution in [-0.2, 0) is 19.8 Å². The number of carbonyl (C=O) groups is 2. The second kappa shape index (κ2) is 7.01. The van der Waals surface area contributed by atoms with Crippen LogP contribution in [0.2, 0.25) is 0 Å². The molecule has 3 heterocycles. The molecule has 1 amide bonds. The quantitative estimate of drug-likeness (QED) is 0.308. The summed E-state index contributed by atoms with van der Waals surface area (Å²) in [6.45, 7) is 4.54. The van der Waals surface area contributed by atoms with E-state index < -0.39 is 44.9 Å². The highest BCUT2D eigenvalue weighted by Crippen LogP contribution is 2.53. The summed E-state index contributed by atoms with van der Waals surface area (Å²) in [5, 5.41) is 27.8. The lowest BCUT2D eigenvalue weighted by Crippen LogP contribution is -2.63. The molecule has 27 heavy (non-hydrogen) atoms. The van der Waals surface area contributed by atoms with E-state index in [-0.39, 0.29) is 18.2 Å². The molecule has 3 rings (SSSR count). The first-order chi connectivity index (χ1) is 12.5. The van der Waals surface area contributed by atoms with Crippen molar-refractivity contribution in [2.75, 3.05) is 19.6 Å². The zero-order chi connectivity index (χ0) is 20.1. The zero-order valence-electron chi connectivity index (χ0n) is 15.0. The van der Waals surface area contributed by atoms with Crippen LogP contribution in [0.3, 0.4) is 0 Å². The molecule has 5 atom stereocenters. The fraction of sp³-hybridized carbons (Fsp3) is 0.733. The molecule has 152 valence electrons. The molecule has 10 nitrogen and oxygen atoms in total. The summed E-state index contributed by atoms with van der Waals surface area (Å²) in [6, 6.07) is -0.399. The van der Waals surface area contributed by atoms with Gasteiger partial charge in [-0.3, -0.25) is 4.79 Å². The Labute approximate surface area is 161 Å². The van der Waals surface area contributed by atoms with Crippen LogP contribution in [0.25, 0.3) is 0 Å². The van der Waals surface area contributed by atoms with E-state index in [9.17, 15) is 28.2 Å². The number of hydrogen-bond donors (Lipinski definition) is 5. The Morgan fingerprint density at radius 2 is 2.22 bits per heavy atom. The number of aliphatic hydroxyl groups is 1. The van der Waals surface area contributed by atoms with Crippen molar-refractivity contribution in [2.24, 2.45) is 17.0 Å². The summed E-state index contributed by atoms with van der Waals surface area (Å²) in [5.74, 6) is -2.50. The van der Waals surface area contributed by atoms with Gasteiger partial charge in [-0.2, -0.15) is 8.42 Å². The molecule has 0 aromatic heterocycles. The van der Waals surface area contributed by atoms with E-state index in [1.807, 2.05) is 6.92 Å². The molecule has 2 fully saturated rings. The van der Waals surface area contributed by atoms with Gasteiger partial charge in [0.05, 0.1) is 18.1 Å². The highest BCUT2D eigenvalue weighted by molar-refractivity contribution is 8.04. The molecular weight excluding hydrogens is 396 g/mol. The molecule has 0 bridgehead atoms. The molecule has 3 aliphatic rings. The monoisotopic (exact) mass is 420 g/mol. The number of nitrogens with two attached hydrogens (primary N) is 1. The first-order valence-corrected chi connectivity index (χ1v) is 11.0. The maximum atomic E-state index is 12.4. The second-order valence-corrected chi connectivity index (χ2v) is 10.2. The SMILES string of the molecule is C[C@@H](O)[C@H]1C(=O)N2C(C(=O)O)=C(S[C@@]3(CNS(N)(=O)=O)CCNC3)[C@H](C)[C@H]12. The van der Waals surface area contributed by atoms with Gasteiger partial charge in [0.15, 0.2) is 0 Å². The Morgan fingerprint density at radius 3 is 2.70 bits per heavy atom. The number of nitrogens with zero attached hydrogens (tertiary/aromatic N) is 1. The van der Waals surface area contributed by atoms with Gasteiger partial charge < -0.3 is 20.4 Å². The van der Waals surface area contributed by atoms with Gasteiger partial charge in [-0.1, -0.05) is 6.92 Å². The number of thioether (sulfide) groups is 1. The summed E-state index contributed by atoms with van der Waals surface area (Å²) in [6.07, 6.45) is -0.256. The molecule has 0 aliphatic carbocycles. The van der Waals surface area contributed by atoms with Gasteiger partial charge in [-0.15, -0.1) is 11.8 Å². The van der Waals surface area contributed by atoms with E-state index in [1.54, 1.807) is 0 Å². The maximum absolute atomic E-state index is 12.4. The summed E-state index contributed by atoms with van der Waals surface area (Å²) < 4.78 is 24.4. The van der Waals surface area contributed by atoms with Gasteiger partial charge in [-0.05, 0) is 19.9 Å². The van der Waals surface area contributed by atoms with E-state index in [0.29, 0.717) is 24.4 Å². The zero-order valence-corrected chi connectivity index (χ0v) is 16.6. The third kappa shape index (κ3) is 3.61. The minimum absolute atomic E-state index is 0.0467. The Morgan fingerprint density at radius 1 is 1.56 bits per heavy atom. The standard InChI is InChI=1S/C15H24N4O6S2/c1-7-10-9(8(2)20)13(21)19(10)11(14(22)23)12(7)26-15(3-4-17-5-15)6-18-27(16,24)25/h7-10,17-18,20H,3-6H2,1-2H3,(H,22,23)(H2,16,24,25)/t7-,8-,9-,10-,15+/m1/s1. The minimum Gasteiger partial charge on any atom is -0.477 e. The number of amides is 1. The predicted octanol–water partition coefficient (Wildman–Crippen LogP) is -1.60. The van der Waals surface area contributed by atoms with Crippen LogP contribution in [0.4, 0.5) is 0 Å². The van der Waals surface area contributed by atoms with Crippen LogP contribution in [0.15, 0.2) is 10.6 Å². The van der Waals surface area contributed by atoms with Crippen LogP contribution in [0.1, 0.15) is 20.3 Å². The Kier molecular flexibility index (Phi) is 5.34. The van der Waals surface area contributed by atoms with Crippen LogP contribution in [0, 0.1) is 11.8 Å². The highest BCUT2D eigenvalue weighted by atomic mass is 32.2. The molecule has 12 heteroatoms. The summed E-state index contributed by atoms with van der Waals surface area (Å²) in [7, 11) is -3.89. The largest absolute Gasteiger partial charge is 0.477 e. The van der Waals surface area contributed by atoms with Crippen molar-refractivity contribution in [1.29, 1.82) is 0 Å². The molecule has 0 radical (unpaired) electrons. The number of aliphatic hydroxyl groups excluding tert-OH is 1. The lowest BCUT2D eigenvalue weighted by molar-refractivity contribution is -0.163. The predicted molar refractivity (Wildman–Crippen MR) is 98.5 cm³/mol. The third-order valence-electron chi connectivity index (χ3n) is 5.44. The van der Waals surface area contributed by atoms with Gasteiger partial charge in [0.1, 0.15) is 5.70 Å². The fourth-order valence-corrected chi connectivity index (χ4v) is 6.28. The number of carboxylic acids is 1. The highest BCUT2D eigenvalue weighted by Gasteiger charge is 2.60. The molecule has 0 aromatic carbocycles. The number of aliphatic carboxylic acids is 1. The lowest BCUT2D eigenvalue weighted by atomic mass is 9.79. The van der Waals surface area contributed by atoms with E-state index in [4.69, 9.17) is 5.14 Å². The molecule has 0 saturated carbocycles. The molecule has 3 aliphatic heterocycles. The fourth-order valence-electron chi connectivity index (χ4n) is 4.12. The summed E-state index contributed by atoms with van der Waals surface area (Å²) in [5.41, 5.74) is -0.0683. The van der Waals surface area contributed by atoms with Crippen molar-refractivity contribution >= 4 is 33.8 Å². The molecule has 0 aromatic rings. The Balaban J connectivity index is 1.92. The Bertz CT molecular complexity index is 790. The first kappa shape index (κ1) is 20.6. The van der Waals surface area contributed by atoms with Gasteiger partial charge in [0.25, 0.3) is 10.2 Å². The number of hydrogen-bond acceptors (Lipinski definition) is 7. The summed E-state index contributed by atoms with van der Waals surface area (Å²) >= 11 is 1.29. The maximum Gasteiger partial charge on any atom is 0.353 e. The summed E-state index contributed by atoms with van der Waals surface area (Å²) in [4.78, 5) is 26.1. The molecule has 0 spiro atoms. The van der Waals surface area contributed by atoms with Crippen LogP contribution in [0.5, 0.6) is 0 Å². The third-order valence-corrected chi connectivity index (χ3v) is 7.70. The van der Waals surface area contributed by atoms with Gasteiger partial charge >= 0.3 is 5.97 Å². The average molecular weight is 421 g/mol. The van der Waals surface area contributed by atoms with Crippen molar-refractivity contribution in [2.45, 2.75) is 37.2 Å². The number of carbonyl (C=O) groups excluding carboxylic acids is 1. The smallest absolute Gasteiger partial charge is 0.353 e. The second-order valence-electron chi connectivity index (χ2n) is 7.35. The van der Waals surface area contributed by atoms with Crippen LogP contribution < -0.4 is 15.2 Å². The van der Waals surface area contributed by atoms with Gasteiger partial charge in [0.2, 0.25) is 5.91 Å². The number of nitrogens with one attached hydrogen (secondary N) is 2. The van der Waals surface area contributed by atoms with Crippen molar-refractivity contribution in [3.05, 3.63) is 10.6 Å². The van der Waals surface area contributed by atoms with Crippen LogP contribution in [-0.4, -0.2) is 71.9 Å². The van der Waals surface area contributed by atoms with Crippen molar-refractivity contribution in [3.8, 4) is 0 Å². The number of β-lactam (4-membered cyclic amide) rings is 1. The van der Waals surface area contributed by atoms with E-state index >= 15 is 0 Å². The molecular formula is C15H24N4O6S2. The number of fused-ring (bicyclic) bond motifs is 1. The average Bonchev–Trinajstić information content (AvgIpc) is 3.09. The topological polar surface area (TPSA) is 162 Å². The normalized spacial score (nSPS) is 34.6.